The molecular weight excluding hydrogens is 308 g/mol. The number of morpholine rings is 1. The van der Waals surface area contributed by atoms with E-state index >= 15 is 0 Å². The number of ether oxygens (including phenoxy) is 1. The van der Waals surface area contributed by atoms with E-state index in [0.717, 1.165) is 37.6 Å². The monoisotopic (exact) mass is 326 g/mol. The molecule has 24 heavy (non-hydrogen) atoms. The minimum absolute atomic E-state index is 0.336. The van der Waals surface area contributed by atoms with Crippen LogP contribution in [0.15, 0.2) is 45.3 Å². The van der Waals surface area contributed by atoms with E-state index < -0.39 is 0 Å². The summed E-state index contributed by atoms with van der Waals surface area (Å²) in [5.41, 5.74) is 7.58. The molecule has 7 heteroatoms. The van der Waals surface area contributed by atoms with Gasteiger partial charge >= 0.3 is 0 Å². The number of nitrogens with zero attached hydrogens (tertiary/aromatic N) is 3. The van der Waals surface area contributed by atoms with Crippen molar-refractivity contribution in [2.45, 2.75) is 6.54 Å². The van der Waals surface area contributed by atoms with Crippen LogP contribution in [-0.4, -0.2) is 36.4 Å². The van der Waals surface area contributed by atoms with Crippen molar-refractivity contribution in [1.29, 1.82) is 0 Å². The Kier molecular flexibility index (Phi) is 4.02. The van der Waals surface area contributed by atoms with Gasteiger partial charge in [0.2, 0.25) is 5.82 Å². The summed E-state index contributed by atoms with van der Waals surface area (Å²) in [5, 5.41) is 4.06. The first-order chi connectivity index (χ1) is 11.8. The van der Waals surface area contributed by atoms with Crippen LogP contribution in [0.3, 0.4) is 0 Å². The zero-order valence-electron chi connectivity index (χ0n) is 13.1. The lowest BCUT2D eigenvalue weighted by Gasteiger charge is -2.29. The van der Waals surface area contributed by atoms with Gasteiger partial charge in [-0.3, -0.25) is 0 Å². The minimum atomic E-state index is 0.336. The van der Waals surface area contributed by atoms with Gasteiger partial charge in [-0.25, -0.2) is 0 Å². The van der Waals surface area contributed by atoms with Crippen molar-refractivity contribution in [3.05, 3.63) is 42.2 Å². The minimum Gasteiger partial charge on any atom is -0.455 e. The fourth-order valence-corrected chi connectivity index (χ4v) is 2.71. The van der Waals surface area contributed by atoms with E-state index in [-0.39, 0.29) is 0 Å². The van der Waals surface area contributed by atoms with Crippen LogP contribution in [0.1, 0.15) is 5.76 Å². The number of nitrogens with two attached hydrogens (primary N) is 1. The molecule has 0 amide bonds. The second-order valence-corrected chi connectivity index (χ2v) is 5.54. The molecule has 7 nitrogen and oxygen atoms in total. The highest BCUT2D eigenvalue weighted by Gasteiger charge is 2.16. The molecule has 0 saturated carbocycles. The van der Waals surface area contributed by atoms with E-state index in [1.807, 2.05) is 12.1 Å². The largest absolute Gasteiger partial charge is 0.455 e. The molecule has 1 aromatic carbocycles. The third-order valence-electron chi connectivity index (χ3n) is 3.98. The van der Waals surface area contributed by atoms with Gasteiger partial charge in [0, 0.05) is 24.3 Å². The Morgan fingerprint density at radius 3 is 2.79 bits per heavy atom. The molecule has 0 atom stereocenters. The summed E-state index contributed by atoms with van der Waals surface area (Å²) in [4.78, 5) is 6.71. The molecule has 1 fully saturated rings. The lowest BCUT2D eigenvalue weighted by Crippen LogP contribution is -2.36. The SMILES string of the molecule is NCc1ccc(-c2nc(-c3cccc(N4CCOCC4)c3)no2)o1. The molecule has 0 radical (unpaired) electrons. The zero-order chi connectivity index (χ0) is 16.4. The van der Waals surface area contributed by atoms with Crippen LogP contribution in [0, 0.1) is 0 Å². The second-order valence-electron chi connectivity index (χ2n) is 5.54. The number of anilines is 1. The van der Waals surface area contributed by atoms with Gasteiger partial charge in [0.05, 0.1) is 19.8 Å². The molecule has 0 spiro atoms. The van der Waals surface area contributed by atoms with Crippen molar-refractivity contribution in [3.8, 4) is 23.0 Å². The first-order valence-electron chi connectivity index (χ1n) is 7.89. The molecular formula is C17H18N4O3. The average Bonchev–Trinajstić information content (AvgIpc) is 3.32. The smallest absolute Gasteiger partial charge is 0.293 e. The van der Waals surface area contributed by atoms with Gasteiger partial charge in [-0.2, -0.15) is 4.98 Å². The fraction of sp³-hybridized carbons (Fsp3) is 0.294. The number of aromatic nitrogens is 2. The molecule has 0 unspecified atom stereocenters. The fourth-order valence-electron chi connectivity index (χ4n) is 2.71. The molecule has 124 valence electrons. The lowest BCUT2D eigenvalue weighted by molar-refractivity contribution is 0.122. The number of hydrogen-bond acceptors (Lipinski definition) is 7. The number of rotatable bonds is 4. The van der Waals surface area contributed by atoms with Crippen LogP contribution in [0.5, 0.6) is 0 Å². The van der Waals surface area contributed by atoms with E-state index in [2.05, 4.69) is 27.2 Å². The molecule has 0 aliphatic carbocycles. The van der Waals surface area contributed by atoms with Crippen LogP contribution < -0.4 is 10.6 Å². The van der Waals surface area contributed by atoms with Crippen molar-refractivity contribution < 1.29 is 13.7 Å². The van der Waals surface area contributed by atoms with E-state index in [9.17, 15) is 0 Å². The second kappa shape index (κ2) is 6.46. The molecule has 3 aromatic rings. The summed E-state index contributed by atoms with van der Waals surface area (Å²) in [5.74, 6) is 2.09. The van der Waals surface area contributed by atoms with Gasteiger partial charge in [0.25, 0.3) is 5.89 Å². The Balaban J connectivity index is 1.60. The molecule has 1 aliphatic rings. The highest BCUT2D eigenvalue weighted by molar-refractivity contribution is 5.64. The first kappa shape index (κ1) is 14.9. The number of benzene rings is 1. The topological polar surface area (TPSA) is 90.5 Å². The normalized spacial score (nSPS) is 15.0. The zero-order valence-corrected chi connectivity index (χ0v) is 13.1. The molecule has 4 rings (SSSR count). The Bertz CT molecular complexity index is 821. The van der Waals surface area contributed by atoms with Crippen molar-refractivity contribution in [3.63, 3.8) is 0 Å². The van der Waals surface area contributed by atoms with Gasteiger partial charge in [-0.05, 0) is 24.3 Å². The van der Waals surface area contributed by atoms with Gasteiger partial charge < -0.3 is 24.3 Å². The Morgan fingerprint density at radius 2 is 2.00 bits per heavy atom. The van der Waals surface area contributed by atoms with Crippen molar-refractivity contribution in [1.82, 2.24) is 10.1 Å². The highest BCUT2D eigenvalue weighted by Crippen LogP contribution is 2.26. The van der Waals surface area contributed by atoms with Crippen LogP contribution in [0.2, 0.25) is 0 Å². The average molecular weight is 326 g/mol. The van der Waals surface area contributed by atoms with Gasteiger partial charge in [0.15, 0.2) is 5.76 Å². The van der Waals surface area contributed by atoms with E-state index in [1.54, 1.807) is 12.1 Å². The van der Waals surface area contributed by atoms with Crippen molar-refractivity contribution in [2.24, 2.45) is 5.73 Å². The van der Waals surface area contributed by atoms with Gasteiger partial charge in [0.1, 0.15) is 5.76 Å². The van der Waals surface area contributed by atoms with Crippen molar-refractivity contribution >= 4 is 5.69 Å². The molecule has 2 aromatic heterocycles. The molecule has 3 heterocycles. The summed E-state index contributed by atoms with van der Waals surface area (Å²) in [6.07, 6.45) is 0. The maximum absolute atomic E-state index is 5.55. The van der Waals surface area contributed by atoms with Crippen LogP contribution >= 0.6 is 0 Å². The van der Waals surface area contributed by atoms with Crippen LogP contribution in [-0.2, 0) is 11.3 Å². The summed E-state index contributed by atoms with van der Waals surface area (Å²) in [6, 6.07) is 11.7. The number of furan rings is 1. The molecule has 1 saturated heterocycles. The predicted octanol–water partition coefficient (Wildman–Crippen LogP) is 2.29. The Hall–Kier alpha value is -2.64. The lowest BCUT2D eigenvalue weighted by atomic mass is 10.1. The molecule has 2 N–H and O–H groups in total. The van der Waals surface area contributed by atoms with Crippen molar-refractivity contribution in [2.75, 3.05) is 31.2 Å². The third-order valence-corrected chi connectivity index (χ3v) is 3.98. The maximum atomic E-state index is 5.55. The summed E-state index contributed by atoms with van der Waals surface area (Å²) in [7, 11) is 0. The Morgan fingerprint density at radius 1 is 1.12 bits per heavy atom. The summed E-state index contributed by atoms with van der Waals surface area (Å²) in [6.45, 7) is 3.60. The van der Waals surface area contributed by atoms with Crippen LogP contribution in [0.25, 0.3) is 23.0 Å². The van der Waals surface area contributed by atoms with E-state index in [4.69, 9.17) is 19.4 Å². The summed E-state index contributed by atoms with van der Waals surface area (Å²) >= 11 is 0. The van der Waals surface area contributed by atoms with E-state index in [0.29, 0.717) is 29.8 Å². The van der Waals surface area contributed by atoms with E-state index in [1.165, 1.54) is 0 Å². The standard InChI is InChI=1S/C17H18N4O3/c18-11-14-4-5-15(23-14)17-19-16(20-24-17)12-2-1-3-13(10-12)21-6-8-22-9-7-21/h1-5,10H,6-9,11,18H2. The Labute approximate surface area is 139 Å². The first-order valence-corrected chi connectivity index (χ1v) is 7.89. The highest BCUT2D eigenvalue weighted by atomic mass is 16.5. The molecule has 1 aliphatic heterocycles. The quantitative estimate of drug-likeness (QED) is 0.786. The van der Waals surface area contributed by atoms with Crippen LogP contribution in [0.4, 0.5) is 5.69 Å². The maximum Gasteiger partial charge on any atom is 0.293 e. The predicted molar refractivity (Wildman–Crippen MR) is 88.4 cm³/mol. The van der Waals surface area contributed by atoms with Gasteiger partial charge in [-0.1, -0.05) is 17.3 Å². The summed E-state index contributed by atoms with van der Waals surface area (Å²) < 4.78 is 16.3. The third kappa shape index (κ3) is 2.91. The number of hydrogen-bond donors (Lipinski definition) is 1. The molecule has 0 bridgehead atoms. The van der Waals surface area contributed by atoms with Gasteiger partial charge in [-0.15, -0.1) is 0 Å².